The number of carboxylic acid groups (broad SMARTS) is 1. The number of nitrogens with zero attached hydrogens (tertiary/aromatic N) is 7. The molecule has 0 saturated carbocycles. The standard InChI is InChI=1S/C20H18N8O2/c21-12-14-9-16(25-17(10-14)26-18-13-22-3-4-23-18)15-1-2-24-19(11-15)27-5-7-28(8-6-27)20(29)30/h1-4,9-11,13H,5-8H2,(H,29,30)(H,23,25,26). The topological polar surface area (TPSA) is 131 Å². The molecule has 1 aliphatic heterocycles. The van der Waals surface area contributed by atoms with Crippen molar-refractivity contribution in [3.63, 3.8) is 0 Å². The average molecular weight is 402 g/mol. The first-order valence-electron chi connectivity index (χ1n) is 9.27. The van der Waals surface area contributed by atoms with E-state index in [2.05, 4.69) is 31.3 Å². The molecule has 0 atom stereocenters. The fourth-order valence-electron chi connectivity index (χ4n) is 3.18. The Morgan fingerprint density at radius 2 is 1.90 bits per heavy atom. The molecule has 1 saturated heterocycles. The van der Waals surface area contributed by atoms with Crippen molar-refractivity contribution in [3.05, 3.63) is 54.6 Å². The predicted molar refractivity (Wildman–Crippen MR) is 109 cm³/mol. The first kappa shape index (κ1) is 19.1. The van der Waals surface area contributed by atoms with Crippen molar-refractivity contribution >= 4 is 23.5 Å². The molecule has 1 amide bonds. The molecule has 1 aliphatic rings. The average Bonchev–Trinajstić information content (AvgIpc) is 2.79. The number of piperazine rings is 1. The van der Waals surface area contributed by atoms with Crippen LogP contribution in [0, 0.1) is 11.3 Å². The van der Waals surface area contributed by atoms with Gasteiger partial charge < -0.3 is 20.2 Å². The van der Waals surface area contributed by atoms with Crippen molar-refractivity contribution in [2.45, 2.75) is 0 Å². The Morgan fingerprint density at radius 3 is 2.60 bits per heavy atom. The number of hydrogen-bond donors (Lipinski definition) is 2. The van der Waals surface area contributed by atoms with Crippen molar-refractivity contribution in [1.29, 1.82) is 5.26 Å². The van der Waals surface area contributed by atoms with Crippen LogP contribution in [0.2, 0.25) is 0 Å². The van der Waals surface area contributed by atoms with Gasteiger partial charge in [0.25, 0.3) is 0 Å². The largest absolute Gasteiger partial charge is 0.465 e. The van der Waals surface area contributed by atoms with Crippen LogP contribution in [0.5, 0.6) is 0 Å². The summed E-state index contributed by atoms with van der Waals surface area (Å²) in [7, 11) is 0. The van der Waals surface area contributed by atoms with Crippen LogP contribution >= 0.6 is 0 Å². The summed E-state index contributed by atoms with van der Waals surface area (Å²) in [6, 6.07) is 9.23. The fourth-order valence-corrected chi connectivity index (χ4v) is 3.18. The van der Waals surface area contributed by atoms with E-state index in [0.717, 1.165) is 11.4 Å². The highest BCUT2D eigenvalue weighted by Crippen LogP contribution is 2.25. The van der Waals surface area contributed by atoms with Crippen LogP contribution in [0.25, 0.3) is 11.3 Å². The highest BCUT2D eigenvalue weighted by Gasteiger charge is 2.21. The van der Waals surface area contributed by atoms with E-state index in [9.17, 15) is 10.1 Å². The predicted octanol–water partition coefficient (Wildman–Crippen LogP) is 2.35. The van der Waals surface area contributed by atoms with Crippen LogP contribution in [0.3, 0.4) is 0 Å². The number of amides is 1. The lowest BCUT2D eigenvalue weighted by Crippen LogP contribution is -2.48. The monoisotopic (exact) mass is 402 g/mol. The van der Waals surface area contributed by atoms with Crippen molar-refractivity contribution in [1.82, 2.24) is 24.8 Å². The van der Waals surface area contributed by atoms with Gasteiger partial charge in [-0.1, -0.05) is 0 Å². The molecule has 30 heavy (non-hydrogen) atoms. The molecule has 2 N–H and O–H groups in total. The maximum atomic E-state index is 11.1. The molecule has 10 nitrogen and oxygen atoms in total. The van der Waals surface area contributed by atoms with Crippen LogP contribution in [0.1, 0.15) is 5.56 Å². The van der Waals surface area contributed by atoms with Gasteiger partial charge in [0.15, 0.2) is 0 Å². The van der Waals surface area contributed by atoms with E-state index in [1.807, 2.05) is 17.0 Å². The third-order valence-electron chi connectivity index (χ3n) is 4.69. The third-order valence-corrected chi connectivity index (χ3v) is 4.69. The van der Waals surface area contributed by atoms with Crippen LogP contribution in [-0.4, -0.2) is 62.2 Å². The van der Waals surface area contributed by atoms with Crippen molar-refractivity contribution in [3.8, 4) is 17.3 Å². The van der Waals surface area contributed by atoms with Crippen LogP contribution in [-0.2, 0) is 0 Å². The maximum Gasteiger partial charge on any atom is 0.407 e. The van der Waals surface area contributed by atoms with Gasteiger partial charge in [-0.15, -0.1) is 0 Å². The number of nitriles is 1. The molecule has 4 heterocycles. The molecule has 0 radical (unpaired) electrons. The molecule has 150 valence electrons. The smallest absolute Gasteiger partial charge is 0.407 e. The van der Waals surface area contributed by atoms with Crippen LogP contribution in [0.4, 0.5) is 22.2 Å². The Labute approximate surface area is 172 Å². The number of carbonyl (C=O) groups is 1. The summed E-state index contributed by atoms with van der Waals surface area (Å²) in [5, 5.41) is 21.6. The van der Waals surface area contributed by atoms with Crippen molar-refractivity contribution in [2.75, 3.05) is 36.4 Å². The molecule has 4 rings (SSSR count). The highest BCUT2D eigenvalue weighted by atomic mass is 16.4. The number of pyridine rings is 2. The van der Waals surface area contributed by atoms with Gasteiger partial charge in [0.2, 0.25) is 0 Å². The number of anilines is 3. The summed E-state index contributed by atoms with van der Waals surface area (Å²) in [6.07, 6.45) is 5.49. The molecule has 0 spiro atoms. The Morgan fingerprint density at radius 1 is 1.07 bits per heavy atom. The Balaban J connectivity index is 1.59. The second-order valence-electron chi connectivity index (χ2n) is 6.61. The molecule has 0 aliphatic carbocycles. The van der Waals surface area contributed by atoms with Gasteiger partial charge in [0.05, 0.1) is 23.5 Å². The number of aromatic nitrogens is 4. The fraction of sp³-hybridized carbons (Fsp3) is 0.200. The molecule has 0 unspecified atom stereocenters. The summed E-state index contributed by atoms with van der Waals surface area (Å²) < 4.78 is 0. The molecule has 1 fully saturated rings. The number of rotatable bonds is 4. The Hall–Kier alpha value is -4.26. The van der Waals surface area contributed by atoms with Crippen LogP contribution in [0.15, 0.2) is 49.1 Å². The normalized spacial score (nSPS) is 13.6. The van der Waals surface area contributed by atoms with Gasteiger partial charge in [0.1, 0.15) is 17.5 Å². The van der Waals surface area contributed by atoms with Crippen LogP contribution < -0.4 is 10.2 Å². The first-order valence-corrected chi connectivity index (χ1v) is 9.27. The van der Waals surface area contributed by atoms with Gasteiger partial charge in [-0.25, -0.2) is 19.7 Å². The summed E-state index contributed by atoms with van der Waals surface area (Å²) in [5.41, 5.74) is 1.88. The molecule has 10 heteroatoms. The number of nitrogens with one attached hydrogen (secondary N) is 1. The first-order chi connectivity index (χ1) is 14.6. The SMILES string of the molecule is N#Cc1cc(Nc2cnccn2)nc(-c2ccnc(N3CCN(C(=O)O)CC3)c2)c1. The molecular weight excluding hydrogens is 384 g/mol. The van der Waals surface area contributed by atoms with E-state index in [-0.39, 0.29) is 0 Å². The van der Waals surface area contributed by atoms with E-state index < -0.39 is 6.09 Å². The Bertz CT molecular complexity index is 1090. The Kier molecular flexibility index (Phi) is 5.34. The molecule has 3 aromatic rings. The molecule has 0 bridgehead atoms. The molecule has 0 aromatic carbocycles. The van der Waals surface area contributed by atoms with E-state index in [0.29, 0.717) is 49.1 Å². The summed E-state index contributed by atoms with van der Waals surface area (Å²) >= 11 is 0. The minimum atomic E-state index is -0.906. The van der Waals surface area contributed by atoms with Gasteiger partial charge in [-0.05, 0) is 24.3 Å². The van der Waals surface area contributed by atoms with Gasteiger partial charge in [0, 0.05) is 50.3 Å². The zero-order chi connectivity index (χ0) is 20.9. The van der Waals surface area contributed by atoms with E-state index in [4.69, 9.17) is 5.11 Å². The lowest BCUT2D eigenvalue weighted by molar-refractivity contribution is 0.142. The summed E-state index contributed by atoms with van der Waals surface area (Å²) in [6.45, 7) is 1.98. The lowest BCUT2D eigenvalue weighted by atomic mass is 10.1. The van der Waals surface area contributed by atoms with Gasteiger partial charge in [-0.3, -0.25) is 4.98 Å². The van der Waals surface area contributed by atoms with Gasteiger partial charge in [-0.2, -0.15) is 5.26 Å². The highest BCUT2D eigenvalue weighted by molar-refractivity contribution is 5.68. The zero-order valence-corrected chi connectivity index (χ0v) is 15.9. The number of hydrogen-bond acceptors (Lipinski definition) is 8. The third kappa shape index (κ3) is 4.25. The second-order valence-corrected chi connectivity index (χ2v) is 6.61. The maximum absolute atomic E-state index is 11.1. The van der Waals surface area contributed by atoms with Crippen molar-refractivity contribution < 1.29 is 9.90 Å². The summed E-state index contributed by atoms with van der Waals surface area (Å²) in [4.78, 5) is 31.7. The zero-order valence-electron chi connectivity index (χ0n) is 15.9. The second kappa shape index (κ2) is 8.40. The molecular formula is C20H18N8O2. The quantitative estimate of drug-likeness (QED) is 0.675. The molecule has 3 aromatic heterocycles. The van der Waals surface area contributed by atoms with Crippen molar-refractivity contribution in [2.24, 2.45) is 0 Å². The van der Waals surface area contributed by atoms with E-state index in [1.54, 1.807) is 36.9 Å². The van der Waals surface area contributed by atoms with Gasteiger partial charge >= 0.3 is 6.09 Å². The minimum Gasteiger partial charge on any atom is -0.465 e. The summed E-state index contributed by atoms with van der Waals surface area (Å²) in [5.74, 6) is 1.75. The lowest BCUT2D eigenvalue weighted by Gasteiger charge is -2.33. The van der Waals surface area contributed by atoms with E-state index in [1.165, 1.54) is 4.90 Å². The minimum absolute atomic E-state index is 0.426. The van der Waals surface area contributed by atoms with E-state index >= 15 is 0 Å².